The van der Waals surface area contributed by atoms with Gasteiger partial charge < -0.3 is 10.4 Å². The summed E-state index contributed by atoms with van der Waals surface area (Å²) in [5.41, 5.74) is 1.37. The lowest BCUT2D eigenvalue weighted by Gasteiger charge is -2.10. The minimum Gasteiger partial charge on any atom is -0.394 e. The molecular formula is C12H14N4O2. The Kier molecular flexibility index (Phi) is 3.69. The molecule has 1 atom stereocenters. The fourth-order valence-corrected chi connectivity index (χ4v) is 1.46. The molecule has 1 amide bonds. The molecule has 94 valence electrons. The van der Waals surface area contributed by atoms with Crippen molar-refractivity contribution in [3.05, 3.63) is 42.2 Å². The molecule has 6 heteroatoms. The van der Waals surface area contributed by atoms with Crippen LogP contribution in [0.3, 0.4) is 0 Å². The molecule has 0 spiro atoms. The Morgan fingerprint density at radius 3 is 2.72 bits per heavy atom. The van der Waals surface area contributed by atoms with Crippen LogP contribution in [0, 0.1) is 0 Å². The summed E-state index contributed by atoms with van der Waals surface area (Å²) in [6.45, 7) is 1.66. The zero-order chi connectivity index (χ0) is 13.0. The molecule has 0 bridgehead atoms. The molecule has 2 rings (SSSR count). The second-order valence-corrected chi connectivity index (χ2v) is 3.95. The zero-order valence-corrected chi connectivity index (χ0v) is 9.95. The number of aliphatic hydroxyl groups excluding tert-OH is 1. The fourth-order valence-electron chi connectivity index (χ4n) is 1.46. The van der Waals surface area contributed by atoms with Crippen LogP contribution >= 0.6 is 0 Å². The topological polar surface area (TPSA) is 80.0 Å². The third-order valence-electron chi connectivity index (χ3n) is 2.47. The highest BCUT2D eigenvalue weighted by atomic mass is 16.3. The minimum atomic E-state index is -0.257. The van der Waals surface area contributed by atoms with E-state index in [0.717, 1.165) is 5.69 Å². The number of hydrogen-bond acceptors (Lipinski definition) is 4. The number of carbonyl (C=O) groups excluding carboxylic acids is 1. The normalized spacial score (nSPS) is 12.1. The summed E-state index contributed by atoms with van der Waals surface area (Å²) in [6.07, 6.45) is 3.31. The van der Waals surface area contributed by atoms with Crippen molar-refractivity contribution in [3.8, 4) is 5.69 Å². The number of nitrogens with zero attached hydrogens (tertiary/aromatic N) is 3. The quantitative estimate of drug-likeness (QED) is 0.817. The molecule has 2 aromatic rings. The first kappa shape index (κ1) is 12.3. The number of benzene rings is 1. The Hall–Kier alpha value is -2.21. The SMILES string of the molecule is CC(CO)NC(=O)c1ccc(-n2ccnn2)cc1. The van der Waals surface area contributed by atoms with Gasteiger partial charge in [-0.25, -0.2) is 4.68 Å². The Morgan fingerprint density at radius 1 is 1.44 bits per heavy atom. The van der Waals surface area contributed by atoms with Crippen LogP contribution in [0.1, 0.15) is 17.3 Å². The molecule has 0 saturated carbocycles. The number of aromatic nitrogens is 3. The molecular weight excluding hydrogens is 232 g/mol. The third kappa shape index (κ3) is 2.72. The van der Waals surface area contributed by atoms with E-state index < -0.39 is 0 Å². The molecule has 0 saturated heterocycles. The maximum Gasteiger partial charge on any atom is 0.251 e. The van der Waals surface area contributed by atoms with Gasteiger partial charge in [0.15, 0.2) is 0 Å². The van der Waals surface area contributed by atoms with Crippen LogP contribution in [0.4, 0.5) is 0 Å². The van der Waals surface area contributed by atoms with Crippen molar-refractivity contribution < 1.29 is 9.90 Å². The first-order chi connectivity index (χ1) is 8.70. The van der Waals surface area contributed by atoms with Crippen molar-refractivity contribution in [2.75, 3.05) is 6.61 Å². The van der Waals surface area contributed by atoms with E-state index in [1.165, 1.54) is 0 Å². The van der Waals surface area contributed by atoms with Gasteiger partial charge in [-0.2, -0.15) is 0 Å². The minimum absolute atomic E-state index is 0.0806. The summed E-state index contributed by atoms with van der Waals surface area (Å²) < 4.78 is 1.61. The standard InChI is InChI=1S/C12H14N4O2/c1-9(8-17)14-12(18)10-2-4-11(5-3-10)16-7-6-13-15-16/h2-7,9,17H,8H2,1H3,(H,14,18). The highest BCUT2D eigenvalue weighted by molar-refractivity contribution is 5.94. The van der Waals surface area contributed by atoms with Crippen molar-refractivity contribution in [2.24, 2.45) is 0 Å². The van der Waals surface area contributed by atoms with Crippen molar-refractivity contribution in [2.45, 2.75) is 13.0 Å². The zero-order valence-electron chi connectivity index (χ0n) is 9.95. The van der Waals surface area contributed by atoms with Crippen LogP contribution in [-0.4, -0.2) is 38.7 Å². The Bertz CT molecular complexity index is 507. The van der Waals surface area contributed by atoms with Crippen LogP contribution in [0.25, 0.3) is 5.69 Å². The van der Waals surface area contributed by atoms with Crippen molar-refractivity contribution in [3.63, 3.8) is 0 Å². The maximum atomic E-state index is 11.8. The lowest BCUT2D eigenvalue weighted by molar-refractivity contribution is 0.0922. The molecule has 0 radical (unpaired) electrons. The molecule has 0 aliphatic rings. The number of carbonyl (C=O) groups is 1. The van der Waals surface area contributed by atoms with Crippen molar-refractivity contribution in [1.82, 2.24) is 20.3 Å². The third-order valence-corrected chi connectivity index (χ3v) is 2.47. The summed E-state index contributed by atoms with van der Waals surface area (Å²) in [5, 5.41) is 19.1. The first-order valence-corrected chi connectivity index (χ1v) is 5.59. The number of aliphatic hydroxyl groups is 1. The number of hydrogen-bond donors (Lipinski definition) is 2. The number of nitrogens with one attached hydrogen (secondary N) is 1. The lowest BCUT2D eigenvalue weighted by Crippen LogP contribution is -2.34. The second kappa shape index (κ2) is 5.42. The van der Waals surface area contributed by atoms with Gasteiger partial charge in [0.05, 0.1) is 24.7 Å². The van der Waals surface area contributed by atoms with Crippen molar-refractivity contribution in [1.29, 1.82) is 0 Å². The van der Waals surface area contributed by atoms with Crippen molar-refractivity contribution >= 4 is 5.91 Å². The molecule has 18 heavy (non-hydrogen) atoms. The van der Waals surface area contributed by atoms with Gasteiger partial charge in [0.1, 0.15) is 0 Å². The molecule has 6 nitrogen and oxygen atoms in total. The van der Waals surface area contributed by atoms with Gasteiger partial charge in [-0.05, 0) is 31.2 Å². The smallest absolute Gasteiger partial charge is 0.251 e. The molecule has 1 heterocycles. The second-order valence-electron chi connectivity index (χ2n) is 3.95. The van der Waals surface area contributed by atoms with E-state index in [-0.39, 0.29) is 18.6 Å². The number of rotatable bonds is 4. The first-order valence-electron chi connectivity index (χ1n) is 5.59. The predicted octanol–water partition coefficient (Wildman–Crippen LogP) is 0.378. The van der Waals surface area contributed by atoms with E-state index >= 15 is 0 Å². The Morgan fingerprint density at radius 2 is 2.17 bits per heavy atom. The Balaban J connectivity index is 2.10. The number of amides is 1. The summed E-state index contributed by atoms with van der Waals surface area (Å²) in [6, 6.07) is 6.72. The largest absolute Gasteiger partial charge is 0.394 e. The lowest BCUT2D eigenvalue weighted by atomic mass is 10.2. The van der Waals surface area contributed by atoms with E-state index in [1.54, 1.807) is 48.3 Å². The average Bonchev–Trinajstić information content (AvgIpc) is 2.92. The van der Waals surface area contributed by atoms with Crippen LogP contribution in [0.2, 0.25) is 0 Å². The molecule has 1 aromatic carbocycles. The van der Waals surface area contributed by atoms with E-state index in [9.17, 15) is 4.79 Å². The summed E-state index contributed by atoms with van der Waals surface area (Å²) in [4.78, 5) is 11.8. The van der Waals surface area contributed by atoms with Crippen LogP contribution in [0.15, 0.2) is 36.7 Å². The summed E-state index contributed by atoms with van der Waals surface area (Å²) in [5.74, 6) is -0.207. The monoisotopic (exact) mass is 246 g/mol. The highest BCUT2D eigenvalue weighted by Crippen LogP contribution is 2.08. The van der Waals surface area contributed by atoms with Gasteiger partial charge in [0, 0.05) is 11.6 Å². The van der Waals surface area contributed by atoms with E-state index in [2.05, 4.69) is 15.6 Å². The maximum absolute atomic E-state index is 11.8. The summed E-state index contributed by atoms with van der Waals surface area (Å²) in [7, 11) is 0. The highest BCUT2D eigenvalue weighted by Gasteiger charge is 2.08. The fraction of sp³-hybridized carbons (Fsp3) is 0.250. The molecule has 0 aliphatic heterocycles. The van der Waals surface area contributed by atoms with Gasteiger partial charge in [-0.1, -0.05) is 5.21 Å². The van der Waals surface area contributed by atoms with Gasteiger partial charge in [-0.15, -0.1) is 5.10 Å². The molecule has 1 unspecified atom stereocenters. The van der Waals surface area contributed by atoms with Crippen LogP contribution in [-0.2, 0) is 0 Å². The average molecular weight is 246 g/mol. The van der Waals surface area contributed by atoms with Crippen LogP contribution < -0.4 is 5.32 Å². The molecule has 1 aromatic heterocycles. The molecule has 2 N–H and O–H groups in total. The van der Waals surface area contributed by atoms with Gasteiger partial charge in [0.25, 0.3) is 5.91 Å². The van der Waals surface area contributed by atoms with E-state index in [4.69, 9.17) is 5.11 Å². The van der Waals surface area contributed by atoms with Gasteiger partial charge >= 0.3 is 0 Å². The molecule has 0 fully saturated rings. The summed E-state index contributed by atoms with van der Waals surface area (Å²) >= 11 is 0. The Labute approximate surface area is 104 Å². The van der Waals surface area contributed by atoms with Gasteiger partial charge in [0.2, 0.25) is 0 Å². The molecule has 0 aliphatic carbocycles. The van der Waals surface area contributed by atoms with E-state index in [1.807, 2.05) is 0 Å². The van der Waals surface area contributed by atoms with E-state index in [0.29, 0.717) is 5.56 Å². The van der Waals surface area contributed by atoms with Gasteiger partial charge in [-0.3, -0.25) is 4.79 Å². The van der Waals surface area contributed by atoms with Crippen LogP contribution in [0.5, 0.6) is 0 Å². The predicted molar refractivity (Wildman–Crippen MR) is 65.4 cm³/mol.